The van der Waals surface area contributed by atoms with Crippen LogP contribution < -0.4 is 0 Å². The van der Waals surface area contributed by atoms with Crippen molar-refractivity contribution < 1.29 is 9.35 Å². The van der Waals surface area contributed by atoms with Gasteiger partial charge in [-0.25, -0.2) is 4.79 Å². The summed E-state index contributed by atoms with van der Waals surface area (Å²) in [4.78, 5) is 12.5. The second-order valence-corrected chi connectivity index (χ2v) is 10.0. The molecule has 0 radical (unpaired) electrons. The Hall–Kier alpha value is -1.18. The van der Waals surface area contributed by atoms with Gasteiger partial charge >= 0.3 is 5.12 Å². The van der Waals surface area contributed by atoms with Crippen molar-refractivity contribution in [3.05, 3.63) is 73.8 Å². The highest BCUT2D eigenvalue weighted by atomic mass is 79.9. The van der Waals surface area contributed by atoms with Crippen molar-refractivity contribution in [1.29, 1.82) is 0 Å². The highest BCUT2D eigenvalue weighted by Crippen LogP contribution is 2.31. The van der Waals surface area contributed by atoms with Crippen molar-refractivity contribution in [2.75, 3.05) is 0 Å². The number of halogens is 2. The van der Waals surface area contributed by atoms with Gasteiger partial charge in [-0.2, -0.15) is 0 Å². The summed E-state index contributed by atoms with van der Waals surface area (Å²) < 4.78 is 13.3. The lowest BCUT2D eigenvalue weighted by molar-refractivity contribution is -0.110. The summed E-state index contributed by atoms with van der Waals surface area (Å²) in [6.45, 7) is 0. The van der Waals surface area contributed by atoms with Gasteiger partial charge < -0.3 is 4.55 Å². The molecule has 2 nitrogen and oxygen atoms in total. The van der Waals surface area contributed by atoms with Gasteiger partial charge in [-0.1, -0.05) is 50.1 Å². The third kappa shape index (κ3) is 3.49. The highest BCUT2D eigenvalue weighted by Gasteiger charge is 2.35. The Morgan fingerprint density at radius 1 is 0.962 bits per heavy atom. The lowest BCUT2D eigenvalue weighted by Gasteiger charge is -2.04. The molecule has 1 aromatic heterocycles. The summed E-state index contributed by atoms with van der Waals surface area (Å²) in [5.74, 6) is 0. The van der Waals surface area contributed by atoms with Gasteiger partial charge in [0, 0.05) is 15.0 Å². The van der Waals surface area contributed by atoms with Crippen LogP contribution in [0.3, 0.4) is 0 Å². The molecule has 0 fully saturated rings. The van der Waals surface area contributed by atoms with Crippen LogP contribution in [0.4, 0.5) is 0 Å². The highest BCUT2D eigenvalue weighted by molar-refractivity contribution is 9.11. The fraction of sp³-hybridized carbons (Fsp3) is 0.0500. The average molecular weight is 508 g/mol. The van der Waals surface area contributed by atoms with E-state index in [1.54, 1.807) is 6.07 Å². The van der Waals surface area contributed by atoms with Crippen LogP contribution in [0.5, 0.6) is 0 Å². The van der Waals surface area contributed by atoms with E-state index in [4.69, 9.17) is 0 Å². The molecule has 0 N–H and O–H groups in total. The van der Waals surface area contributed by atoms with Crippen LogP contribution in [-0.2, 0) is 22.4 Å². The van der Waals surface area contributed by atoms with Gasteiger partial charge in [-0.3, -0.25) is 0 Å². The third-order valence-corrected chi connectivity index (χ3v) is 7.74. The van der Waals surface area contributed by atoms with Crippen molar-refractivity contribution >= 4 is 81.0 Å². The molecule has 2 heterocycles. The van der Waals surface area contributed by atoms with Gasteiger partial charge in [0.2, 0.25) is 0 Å². The van der Waals surface area contributed by atoms with Crippen LogP contribution in [-0.4, -0.2) is 9.67 Å². The molecule has 0 spiro atoms. The predicted octanol–water partition coefficient (Wildman–Crippen LogP) is 6.46. The second-order valence-electron chi connectivity index (χ2n) is 5.83. The first-order chi connectivity index (χ1) is 12.5. The maximum absolute atomic E-state index is 11.0. The Bertz CT molecular complexity index is 1140. The van der Waals surface area contributed by atoms with Gasteiger partial charge in [-0.15, -0.1) is 11.3 Å². The van der Waals surface area contributed by atoms with E-state index in [9.17, 15) is 9.35 Å². The van der Waals surface area contributed by atoms with Crippen LogP contribution in [0.2, 0.25) is 0 Å². The van der Waals surface area contributed by atoms with E-state index in [1.165, 1.54) is 32.9 Å². The topological polar surface area (TPSA) is 40.1 Å². The van der Waals surface area contributed by atoms with Crippen molar-refractivity contribution in [3.63, 3.8) is 0 Å². The van der Waals surface area contributed by atoms with Gasteiger partial charge in [0.25, 0.3) is 0 Å². The molecule has 1 aliphatic heterocycles. The number of rotatable bonds is 0. The average Bonchev–Trinajstić information content (AvgIpc) is 3.18. The first kappa shape index (κ1) is 18.2. The third-order valence-electron chi connectivity index (χ3n) is 4.16. The predicted molar refractivity (Wildman–Crippen MR) is 116 cm³/mol. The Morgan fingerprint density at radius 3 is 2.62 bits per heavy atom. The number of carbonyl (C=O) groups excluding carboxylic acids is 1. The van der Waals surface area contributed by atoms with Crippen LogP contribution in [0, 0.1) is 0 Å². The molecule has 4 aromatic rings. The Balaban J connectivity index is 0.000000144. The fourth-order valence-electron chi connectivity index (χ4n) is 2.90. The van der Waals surface area contributed by atoms with E-state index < -0.39 is 11.2 Å². The minimum Gasteiger partial charge on any atom is -0.604 e. The maximum atomic E-state index is 11.0. The van der Waals surface area contributed by atoms with Crippen LogP contribution >= 0.6 is 43.2 Å². The van der Waals surface area contributed by atoms with Crippen molar-refractivity contribution in [2.45, 2.75) is 11.3 Å². The molecular formula is C20H12Br2O2S2. The number of hydrogen-bond donors (Lipinski definition) is 0. The molecule has 1 aliphatic rings. The number of thiophene rings is 1. The smallest absolute Gasteiger partial charge is 0.340 e. The summed E-state index contributed by atoms with van der Waals surface area (Å²) >= 11 is 7.26. The maximum Gasteiger partial charge on any atom is 0.340 e. The molecule has 6 heteroatoms. The lowest BCUT2D eigenvalue weighted by Crippen LogP contribution is -2.07. The van der Waals surface area contributed by atoms with Crippen LogP contribution in [0.1, 0.15) is 4.88 Å². The molecule has 130 valence electrons. The molecule has 1 unspecified atom stereocenters. The largest absolute Gasteiger partial charge is 0.604 e. The zero-order valence-corrected chi connectivity index (χ0v) is 18.2. The molecule has 0 bridgehead atoms. The zero-order valence-electron chi connectivity index (χ0n) is 13.4. The Kier molecular flexibility index (Phi) is 5.21. The molecule has 3 aromatic carbocycles. The molecular weight excluding hydrogens is 496 g/mol. The van der Waals surface area contributed by atoms with Gasteiger partial charge in [-0.05, 0) is 57.3 Å². The number of fused-ring (bicyclic) bond motifs is 3. The molecule has 1 atom stereocenters. The van der Waals surface area contributed by atoms with Crippen LogP contribution in [0.25, 0.3) is 21.5 Å². The molecule has 0 amide bonds. The van der Waals surface area contributed by atoms with E-state index in [0.29, 0.717) is 6.42 Å². The van der Waals surface area contributed by atoms with Gasteiger partial charge in [0.1, 0.15) is 0 Å². The summed E-state index contributed by atoms with van der Waals surface area (Å²) in [6.07, 6.45) is 0.375. The standard InChI is InChI=1S/C14H8Br2.C6H4O2S2/c15-12-5-4-9-6-10-2-1-3-14(16)13(10)8-11(9)7-12;7-6-3-4-5(10(6)8)1-2-9-4/h1-8H;1-2H,3H2. The van der Waals surface area contributed by atoms with Gasteiger partial charge in [0.15, 0.2) is 4.90 Å². The molecule has 0 aliphatic carbocycles. The first-order valence-corrected chi connectivity index (χ1v) is 11.4. The summed E-state index contributed by atoms with van der Waals surface area (Å²) in [7, 11) is 0. The molecule has 26 heavy (non-hydrogen) atoms. The normalized spacial score (nSPS) is 15.8. The second kappa shape index (κ2) is 7.44. The van der Waals surface area contributed by atoms with Crippen molar-refractivity contribution in [2.24, 2.45) is 0 Å². The molecule has 0 saturated carbocycles. The Labute approximate surface area is 174 Å². The quantitative estimate of drug-likeness (QED) is 0.202. The zero-order chi connectivity index (χ0) is 18.3. The molecule has 5 rings (SSSR count). The minimum atomic E-state index is -1.34. The van der Waals surface area contributed by atoms with E-state index in [0.717, 1.165) is 18.7 Å². The fourth-order valence-corrected chi connectivity index (χ4v) is 6.08. The van der Waals surface area contributed by atoms with E-state index in [-0.39, 0.29) is 5.12 Å². The van der Waals surface area contributed by atoms with E-state index >= 15 is 0 Å². The monoisotopic (exact) mass is 506 g/mol. The summed E-state index contributed by atoms with van der Waals surface area (Å²) in [5.41, 5.74) is 0. The summed E-state index contributed by atoms with van der Waals surface area (Å²) in [6, 6.07) is 18.9. The van der Waals surface area contributed by atoms with Crippen molar-refractivity contribution in [3.8, 4) is 0 Å². The molecule has 0 saturated heterocycles. The number of carbonyl (C=O) groups is 1. The lowest BCUT2D eigenvalue weighted by atomic mass is 10.0. The SMILES string of the molecule is Brc1ccc2cc3cccc(Br)c3cc2c1.O=C1Cc2sccc2[S+]1[O-]. The number of benzene rings is 3. The van der Waals surface area contributed by atoms with E-state index in [2.05, 4.69) is 80.4 Å². The Morgan fingerprint density at radius 2 is 1.81 bits per heavy atom. The number of hydrogen-bond acceptors (Lipinski definition) is 3. The van der Waals surface area contributed by atoms with Crippen LogP contribution in [0.15, 0.2) is 73.8 Å². The van der Waals surface area contributed by atoms with Gasteiger partial charge in [0.05, 0.1) is 22.5 Å². The first-order valence-electron chi connectivity index (χ1n) is 7.81. The van der Waals surface area contributed by atoms with E-state index in [1.807, 2.05) is 5.38 Å². The van der Waals surface area contributed by atoms with Crippen molar-refractivity contribution in [1.82, 2.24) is 0 Å². The summed E-state index contributed by atoms with van der Waals surface area (Å²) in [5, 5.41) is 6.77. The minimum absolute atomic E-state index is 0.151.